The van der Waals surface area contributed by atoms with Crippen molar-refractivity contribution in [1.82, 2.24) is 10.6 Å². The fraction of sp³-hybridized carbons (Fsp3) is 0.941. The van der Waals surface area contributed by atoms with Gasteiger partial charge < -0.3 is 15.4 Å². The highest BCUT2D eigenvalue weighted by atomic mass is 32.2. The normalized spacial score (nSPS) is 23.4. The van der Waals surface area contributed by atoms with Crippen molar-refractivity contribution in [3.8, 4) is 0 Å². The smallest absolute Gasteiger partial charge is 0.191 e. The summed E-state index contributed by atoms with van der Waals surface area (Å²) in [6.07, 6.45) is 7.36. The summed E-state index contributed by atoms with van der Waals surface area (Å²) in [5.74, 6) is 0.728. The number of aliphatic imine (C=N–C) groups is 1. The molecule has 1 heterocycles. The molecule has 2 N–H and O–H groups in total. The molecule has 0 amide bonds. The zero-order valence-electron chi connectivity index (χ0n) is 15.4. The molecule has 0 spiro atoms. The van der Waals surface area contributed by atoms with Crippen LogP contribution in [0.2, 0.25) is 0 Å². The van der Waals surface area contributed by atoms with Gasteiger partial charge in [-0.05, 0) is 44.4 Å². The second-order valence-corrected chi connectivity index (χ2v) is 9.73. The summed E-state index contributed by atoms with van der Waals surface area (Å²) in [6.45, 7) is 7.23. The lowest BCUT2D eigenvalue weighted by Crippen LogP contribution is -2.53. The highest BCUT2D eigenvalue weighted by Gasteiger charge is 2.42. The minimum absolute atomic E-state index is 0.357. The molecule has 0 unspecified atom stereocenters. The van der Waals surface area contributed by atoms with Crippen LogP contribution < -0.4 is 10.6 Å². The number of guanidine groups is 1. The molecular formula is C17H33N3O3S. The third kappa shape index (κ3) is 4.42. The SMILES string of the molecule is CCNC(=NCC1(CC)CCC1)NCC1(S(C)(=O)=O)CCOCC1. The van der Waals surface area contributed by atoms with Crippen LogP contribution in [0.3, 0.4) is 0 Å². The fourth-order valence-corrected chi connectivity index (χ4v) is 4.80. The van der Waals surface area contributed by atoms with Gasteiger partial charge in [0, 0.05) is 39.1 Å². The Kier molecular flexibility index (Phi) is 6.53. The third-order valence-corrected chi connectivity index (χ3v) is 7.98. The van der Waals surface area contributed by atoms with E-state index in [9.17, 15) is 8.42 Å². The summed E-state index contributed by atoms with van der Waals surface area (Å²) in [5, 5.41) is 6.54. The van der Waals surface area contributed by atoms with Crippen LogP contribution in [-0.2, 0) is 14.6 Å². The second-order valence-electron chi connectivity index (χ2n) is 7.32. The summed E-state index contributed by atoms with van der Waals surface area (Å²) >= 11 is 0. The third-order valence-electron chi connectivity index (χ3n) is 5.85. The quantitative estimate of drug-likeness (QED) is 0.534. The molecule has 2 aliphatic rings. The highest BCUT2D eigenvalue weighted by Crippen LogP contribution is 2.43. The van der Waals surface area contributed by atoms with Gasteiger partial charge in [-0.15, -0.1) is 0 Å². The number of hydrogen-bond donors (Lipinski definition) is 2. The van der Waals surface area contributed by atoms with E-state index in [2.05, 4.69) is 17.6 Å². The van der Waals surface area contributed by atoms with Gasteiger partial charge in [0.25, 0.3) is 0 Å². The van der Waals surface area contributed by atoms with Crippen molar-refractivity contribution < 1.29 is 13.2 Å². The molecule has 2 rings (SSSR count). The standard InChI is InChI=1S/C17H33N3O3S/c1-4-16(7-6-8-16)13-19-15(18-5-2)20-14-17(24(3,21)22)9-11-23-12-10-17/h4-14H2,1-3H3,(H2,18,19,20). The predicted molar refractivity (Wildman–Crippen MR) is 98.2 cm³/mol. The van der Waals surface area contributed by atoms with Gasteiger partial charge in [-0.1, -0.05) is 13.3 Å². The fourth-order valence-electron chi connectivity index (χ4n) is 3.56. The molecule has 140 valence electrons. The Morgan fingerprint density at radius 1 is 1.12 bits per heavy atom. The lowest BCUT2D eigenvalue weighted by atomic mass is 9.67. The lowest BCUT2D eigenvalue weighted by Gasteiger charge is -2.40. The van der Waals surface area contributed by atoms with E-state index in [0.717, 1.165) is 25.5 Å². The summed E-state index contributed by atoms with van der Waals surface area (Å²) in [6, 6.07) is 0. The average molecular weight is 360 g/mol. The molecule has 1 aliphatic carbocycles. The van der Waals surface area contributed by atoms with E-state index in [-0.39, 0.29) is 0 Å². The first-order chi connectivity index (χ1) is 11.4. The molecular weight excluding hydrogens is 326 g/mol. The first kappa shape index (κ1) is 19.5. The molecule has 6 nitrogen and oxygen atoms in total. The summed E-state index contributed by atoms with van der Waals surface area (Å²) in [5.41, 5.74) is 0.357. The van der Waals surface area contributed by atoms with E-state index < -0.39 is 14.6 Å². The van der Waals surface area contributed by atoms with Crippen molar-refractivity contribution in [2.45, 2.75) is 57.1 Å². The van der Waals surface area contributed by atoms with Crippen molar-refractivity contribution >= 4 is 15.8 Å². The van der Waals surface area contributed by atoms with E-state index >= 15 is 0 Å². The van der Waals surface area contributed by atoms with Crippen LogP contribution in [0.15, 0.2) is 4.99 Å². The van der Waals surface area contributed by atoms with E-state index in [1.807, 2.05) is 6.92 Å². The second kappa shape index (κ2) is 8.04. The number of sulfone groups is 1. The molecule has 0 aromatic carbocycles. The topological polar surface area (TPSA) is 79.8 Å². The summed E-state index contributed by atoms with van der Waals surface area (Å²) < 4.78 is 29.3. The van der Waals surface area contributed by atoms with Crippen LogP contribution in [0, 0.1) is 5.41 Å². The van der Waals surface area contributed by atoms with Crippen molar-refractivity contribution in [1.29, 1.82) is 0 Å². The number of nitrogens with one attached hydrogen (secondary N) is 2. The van der Waals surface area contributed by atoms with E-state index in [0.29, 0.717) is 38.0 Å². The molecule has 1 saturated heterocycles. The van der Waals surface area contributed by atoms with E-state index in [1.165, 1.54) is 25.5 Å². The van der Waals surface area contributed by atoms with E-state index in [4.69, 9.17) is 9.73 Å². The summed E-state index contributed by atoms with van der Waals surface area (Å²) in [7, 11) is -3.16. The minimum atomic E-state index is -3.16. The molecule has 0 radical (unpaired) electrons. The van der Waals surface area contributed by atoms with Gasteiger partial charge in [0.1, 0.15) is 0 Å². The highest BCUT2D eigenvalue weighted by molar-refractivity contribution is 7.92. The monoisotopic (exact) mass is 359 g/mol. The zero-order chi connectivity index (χ0) is 17.7. The maximum absolute atomic E-state index is 12.3. The van der Waals surface area contributed by atoms with Crippen LogP contribution in [0.25, 0.3) is 0 Å². The summed E-state index contributed by atoms with van der Waals surface area (Å²) in [4.78, 5) is 4.74. The molecule has 2 fully saturated rings. The Morgan fingerprint density at radius 2 is 1.79 bits per heavy atom. The molecule has 0 aromatic rings. The Balaban J connectivity index is 2.03. The molecule has 0 aromatic heterocycles. The largest absolute Gasteiger partial charge is 0.381 e. The molecule has 1 saturated carbocycles. The maximum atomic E-state index is 12.3. The Hall–Kier alpha value is -0.820. The van der Waals surface area contributed by atoms with Crippen LogP contribution >= 0.6 is 0 Å². The first-order valence-electron chi connectivity index (χ1n) is 9.16. The van der Waals surface area contributed by atoms with Gasteiger partial charge in [0.2, 0.25) is 0 Å². The maximum Gasteiger partial charge on any atom is 0.191 e. The van der Waals surface area contributed by atoms with Gasteiger partial charge in [0.05, 0.1) is 4.75 Å². The molecule has 1 aliphatic heterocycles. The van der Waals surface area contributed by atoms with Gasteiger partial charge >= 0.3 is 0 Å². The lowest BCUT2D eigenvalue weighted by molar-refractivity contribution is 0.0756. The molecule has 0 bridgehead atoms. The number of rotatable bonds is 7. The number of nitrogens with zero attached hydrogens (tertiary/aromatic N) is 1. The number of hydrogen-bond acceptors (Lipinski definition) is 4. The Bertz CT molecular complexity index is 530. The molecule has 24 heavy (non-hydrogen) atoms. The predicted octanol–water partition coefficient (Wildman–Crippen LogP) is 1.72. The molecule has 7 heteroatoms. The van der Waals surface area contributed by atoms with Gasteiger partial charge in [-0.3, -0.25) is 4.99 Å². The average Bonchev–Trinajstić information content (AvgIpc) is 2.51. The van der Waals surface area contributed by atoms with Gasteiger partial charge in [-0.25, -0.2) is 8.42 Å². The van der Waals surface area contributed by atoms with Crippen molar-refractivity contribution in [2.24, 2.45) is 10.4 Å². The van der Waals surface area contributed by atoms with E-state index in [1.54, 1.807) is 0 Å². The van der Waals surface area contributed by atoms with Crippen molar-refractivity contribution in [2.75, 3.05) is 39.1 Å². The Labute approximate surface area is 146 Å². The van der Waals surface area contributed by atoms with Gasteiger partial charge in [0.15, 0.2) is 15.8 Å². The van der Waals surface area contributed by atoms with Crippen molar-refractivity contribution in [3.63, 3.8) is 0 Å². The van der Waals surface area contributed by atoms with Crippen LogP contribution in [0.1, 0.15) is 52.4 Å². The van der Waals surface area contributed by atoms with Gasteiger partial charge in [-0.2, -0.15) is 0 Å². The zero-order valence-corrected chi connectivity index (χ0v) is 16.2. The first-order valence-corrected chi connectivity index (χ1v) is 11.1. The van der Waals surface area contributed by atoms with Crippen molar-refractivity contribution in [3.05, 3.63) is 0 Å². The molecule has 0 atom stereocenters. The Morgan fingerprint density at radius 3 is 2.25 bits per heavy atom. The minimum Gasteiger partial charge on any atom is -0.381 e. The number of ether oxygens (including phenoxy) is 1. The van der Waals surface area contributed by atoms with Crippen LogP contribution in [0.5, 0.6) is 0 Å². The van der Waals surface area contributed by atoms with Crippen LogP contribution in [0.4, 0.5) is 0 Å². The van der Waals surface area contributed by atoms with Crippen LogP contribution in [-0.4, -0.2) is 58.2 Å².